The average molecular weight is 372 g/mol. The van der Waals surface area contributed by atoms with Crippen LogP contribution < -0.4 is 0 Å². The molecule has 0 aromatic heterocycles. The molecular formula is C19H33NO4S. The van der Waals surface area contributed by atoms with Crippen LogP contribution in [0.15, 0.2) is 12.2 Å². The number of carboxylic acids is 1. The minimum absolute atomic E-state index is 0.0897. The first-order chi connectivity index (χ1) is 12.0. The summed E-state index contributed by atoms with van der Waals surface area (Å²) in [6, 6.07) is 0.0897. The van der Waals surface area contributed by atoms with Crippen LogP contribution in [0, 0.1) is 5.92 Å². The number of carbonyl (C=O) groups excluding carboxylic acids is 1. The van der Waals surface area contributed by atoms with Crippen LogP contribution in [0.1, 0.15) is 58.8 Å². The number of carbonyl (C=O) groups is 2. The Hall–Kier alpha value is -1.01. The Balaban J connectivity index is 2.31. The maximum atomic E-state index is 12.0. The second-order valence-electron chi connectivity index (χ2n) is 6.78. The van der Waals surface area contributed by atoms with Crippen LogP contribution >= 0.6 is 11.8 Å². The number of aliphatic hydroxyl groups excluding tert-OH is 1. The lowest BCUT2D eigenvalue weighted by Gasteiger charge is -2.22. The number of amides is 1. The fraction of sp³-hybridized carbons (Fsp3) is 0.789. The first kappa shape index (κ1) is 22.0. The lowest BCUT2D eigenvalue weighted by molar-refractivity contribution is -0.141. The van der Waals surface area contributed by atoms with Crippen LogP contribution in [0.3, 0.4) is 0 Å². The molecule has 5 nitrogen and oxygen atoms in total. The molecule has 1 rings (SSSR count). The predicted octanol–water partition coefficient (Wildman–Crippen LogP) is 3.32. The van der Waals surface area contributed by atoms with Gasteiger partial charge in [0.2, 0.25) is 5.91 Å². The molecule has 25 heavy (non-hydrogen) atoms. The molecule has 6 heteroatoms. The third-order valence-corrected chi connectivity index (χ3v) is 5.62. The molecule has 1 amide bonds. The number of hydrogen-bond acceptors (Lipinski definition) is 4. The molecule has 0 bridgehead atoms. The van der Waals surface area contributed by atoms with E-state index >= 15 is 0 Å². The van der Waals surface area contributed by atoms with Crippen LogP contribution in [0.2, 0.25) is 0 Å². The highest BCUT2D eigenvalue weighted by molar-refractivity contribution is 7.99. The van der Waals surface area contributed by atoms with Crippen LogP contribution in [0.4, 0.5) is 0 Å². The van der Waals surface area contributed by atoms with E-state index in [0.717, 1.165) is 43.6 Å². The Morgan fingerprint density at radius 3 is 2.80 bits per heavy atom. The molecule has 0 spiro atoms. The molecule has 0 saturated carbocycles. The van der Waals surface area contributed by atoms with Crippen LogP contribution in [0.5, 0.6) is 0 Å². The number of nitrogens with zero attached hydrogens (tertiary/aromatic N) is 1. The number of unbranched alkanes of at least 4 members (excludes halogenated alkanes) is 2. The summed E-state index contributed by atoms with van der Waals surface area (Å²) in [6.45, 7) is 4.55. The zero-order chi connectivity index (χ0) is 18.7. The Morgan fingerprint density at radius 2 is 2.12 bits per heavy atom. The van der Waals surface area contributed by atoms with Crippen molar-refractivity contribution in [3.05, 3.63) is 12.2 Å². The number of aliphatic hydroxyl groups is 1. The van der Waals surface area contributed by atoms with Crippen molar-refractivity contribution in [2.75, 3.05) is 18.1 Å². The van der Waals surface area contributed by atoms with Crippen molar-refractivity contribution in [3.63, 3.8) is 0 Å². The van der Waals surface area contributed by atoms with Crippen molar-refractivity contribution in [1.29, 1.82) is 0 Å². The van der Waals surface area contributed by atoms with E-state index in [-0.39, 0.29) is 17.9 Å². The van der Waals surface area contributed by atoms with E-state index in [1.165, 1.54) is 0 Å². The van der Waals surface area contributed by atoms with Crippen LogP contribution in [-0.4, -0.2) is 57.2 Å². The van der Waals surface area contributed by atoms with Gasteiger partial charge in [-0.2, -0.15) is 11.8 Å². The molecule has 0 radical (unpaired) electrons. The molecule has 3 unspecified atom stereocenters. The Morgan fingerprint density at radius 1 is 1.36 bits per heavy atom. The SMILES string of the molecule is CCCCCC(O)C=CC1CCC(=O)N1CCSCCC(C)C(=O)O. The van der Waals surface area contributed by atoms with Crippen molar-refractivity contribution < 1.29 is 19.8 Å². The second kappa shape index (κ2) is 12.4. The summed E-state index contributed by atoms with van der Waals surface area (Å²) in [5, 5.41) is 18.9. The molecule has 1 fully saturated rings. The molecular weight excluding hydrogens is 338 g/mol. The van der Waals surface area contributed by atoms with Gasteiger partial charge in [-0.3, -0.25) is 9.59 Å². The van der Waals surface area contributed by atoms with Gasteiger partial charge in [-0.25, -0.2) is 0 Å². The summed E-state index contributed by atoms with van der Waals surface area (Å²) in [6.07, 6.45) is 9.54. The third kappa shape index (κ3) is 8.77. The molecule has 1 aliphatic heterocycles. The van der Waals surface area contributed by atoms with Gasteiger partial charge < -0.3 is 15.1 Å². The lowest BCUT2D eigenvalue weighted by atomic mass is 10.1. The summed E-state index contributed by atoms with van der Waals surface area (Å²) >= 11 is 1.70. The molecule has 0 aromatic carbocycles. The van der Waals surface area contributed by atoms with E-state index in [1.807, 2.05) is 17.1 Å². The highest BCUT2D eigenvalue weighted by Gasteiger charge is 2.28. The molecule has 1 saturated heterocycles. The number of hydrogen-bond donors (Lipinski definition) is 2. The van der Waals surface area contributed by atoms with E-state index in [0.29, 0.717) is 19.4 Å². The zero-order valence-electron chi connectivity index (χ0n) is 15.5. The van der Waals surface area contributed by atoms with Crippen molar-refractivity contribution >= 4 is 23.6 Å². The first-order valence-electron chi connectivity index (χ1n) is 9.42. The first-order valence-corrected chi connectivity index (χ1v) is 10.6. The number of thioether (sulfide) groups is 1. The van der Waals surface area contributed by atoms with E-state index in [9.17, 15) is 14.7 Å². The molecule has 2 N–H and O–H groups in total. The fourth-order valence-corrected chi connectivity index (χ4v) is 3.90. The number of aliphatic carboxylic acids is 1. The summed E-state index contributed by atoms with van der Waals surface area (Å²) in [4.78, 5) is 24.7. The minimum atomic E-state index is -0.752. The number of rotatable bonds is 13. The largest absolute Gasteiger partial charge is 0.481 e. The summed E-state index contributed by atoms with van der Waals surface area (Å²) in [5.74, 6) is 0.728. The quantitative estimate of drug-likeness (QED) is 0.384. The van der Waals surface area contributed by atoms with Crippen molar-refractivity contribution in [2.45, 2.75) is 70.9 Å². The Kier molecular flexibility index (Phi) is 10.9. The van der Waals surface area contributed by atoms with E-state index in [2.05, 4.69) is 6.92 Å². The van der Waals surface area contributed by atoms with Gasteiger partial charge in [0.25, 0.3) is 0 Å². The van der Waals surface area contributed by atoms with Crippen molar-refractivity contribution in [2.24, 2.45) is 5.92 Å². The number of carboxylic acid groups (broad SMARTS) is 1. The zero-order valence-corrected chi connectivity index (χ0v) is 16.3. The third-order valence-electron chi connectivity index (χ3n) is 4.63. The highest BCUT2D eigenvalue weighted by Crippen LogP contribution is 2.21. The predicted molar refractivity (Wildman–Crippen MR) is 103 cm³/mol. The van der Waals surface area contributed by atoms with E-state index < -0.39 is 12.1 Å². The average Bonchev–Trinajstić information content (AvgIpc) is 2.92. The van der Waals surface area contributed by atoms with Gasteiger partial charge in [0, 0.05) is 18.7 Å². The second-order valence-corrected chi connectivity index (χ2v) is 8.01. The van der Waals surface area contributed by atoms with Gasteiger partial charge in [0.15, 0.2) is 0 Å². The van der Waals surface area contributed by atoms with Gasteiger partial charge in [0.1, 0.15) is 0 Å². The molecule has 1 heterocycles. The van der Waals surface area contributed by atoms with Crippen molar-refractivity contribution in [3.8, 4) is 0 Å². The van der Waals surface area contributed by atoms with Gasteiger partial charge in [0.05, 0.1) is 18.1 Å². The normalized spacial score (nSPS) is 20.4. The summed E-state index contributed by atoms with van der Waals surface area (Å²) < 4.78 is 0. The Labute approximate surface area is 155 Å². The van der Waals surface area contributed by atoms with Crippen LogP contribution in [-0.2, 0) is 9.59 Å². The smallest absolute Gasteiger partial charge is 0.306 e. The summed E-state index contributed by atoms with van der Waals surface area (Å²) in [7, 11) is 0. The topological polar surface area (TPSA) is 77.8 Å². The van der Waals surface area contributed by atoms with Gasteiger partial charge >= 0.3 is 5.97 Å². The highest BCUT2D eigenvalue weighted by atomic mass is 32.2. The maximum absolute atomic E-state index is 12.0. The monoisotopic (exact) mass is 371 g/mol. The van der Waals surface area contributed by atoms with E-state index in [1.54, 1.807) is 18.7 Å². The molecule has 0 aromatic rings. The number of likely N-dealkylation sites (tertiary alicyclic amines) is 1. The van der Waals surface area contributed by atoms with Gasteiger partial charge in [-0.15, -0.1) is 0 Å². The van der Waals surface area contributed by atoms with Gasteiger partial charge in [-0.05, 0) is 25.0 Å². The van der Waals surface area contributed by atoms with Crippen molar-refractivity contribution in [1.82, 2.24) is 4.90 Å². The molecule has 3 atom stereocenters. The Bertz CT molecular complexity index is 441. The van der Waals surface area contributed by atoms with Gasteiger partial charge in [-0.1, -0.05) is 45.3 Å². The minimum Gasteiger partial charge on any atom is -0.481 e. The standard InChI is InChI=1S/C19H33NO4S/c1-3-4-5-6-17(21)9-7-16-8-10-18(22)20(16)12-14-25-13-11-15(2)19(23)24/h7,9,15-17,21H,3-6,8,10-14H2,1-2H3,(H,23,24). The molecule has 0 aliphatic carbocycles. The summed E-state index contributed by atoms with van der Waals surface area (Å²) in [5.41, 5.74) is 0. The molecule has 144 valence electrons. The fourth-order valence-electron chi connectivity index (χ4n) is 2.85. The lowest BCUT2D eigenvalue weighted by Crippen LogP contribution is -2.34. The van der Waals surface area contributed by atoms with E-state index in [4.69, 9.17) is 5.11 Å². The van der Waals surface area contributed by atoms with Crippen LogP contribution in [0.25, 0.3) is 0 Å². The molecule has 1 aliphatic rings. The maximum Gasteiger partial charge on any atom is 0.306 e.